The summed E-state index contributed by atoms with van der Waals surface area (Å²) in [5, 5.41) is 5.68. The Morgan fingerprint density at radius 3 is 2.41 bits per heavy atom. The van der Waals surface area contributed by atoms with Crippen LogP contribution in [0.2, 0.25) is 0 Å². The van der Waals surface area contributed by atoms with Gasteiger partial charge in [0.05, 0.1) is 0 Å². The lowest BCUT2D eigenvalue weighted by Crippen LogP contribution is -2.40. The Morgan fingerprint density at radius 1 is 1.29 bits per heavy atom. The van der Waals surface area contributed by atoms with Gasteiger partial charge in [-0.2, -0.15) is 0 Å². The molecule has 0 unspecified atom stereocenters. The van der Waals surface area contributed by atoms with Crippen LogP contribution in [-0.2, 0) is 5.41 Å². The normalized spacial score (nSPS) is 13.1. The molecule has 0 amide bonds. The van der Waals surface area contributed by atoms with E-state index in [1.165, 1.54) is 9.35 Å². The van der Waals surface area contributed by atoms with E-state index in [2.05, 4.69) is 60.4 Å². The molecular formula is C13H23BrN2S. The van der Waals surface area contributed by atoms with Crippen LogP contribution in [0.4, 0.5) is 0 Å². The molecule has 1 rings (SSSR count). The number of thiophene rings is 1. The van der Waals surface area contributed by atoms with Crippen molar-refractivity contribution in [3.05, 3.63) is 20.8 Å². The molecule has 4 heteroatoms. The first kappa shape index (κ1) is 15.2. The van der Waals surface area contributed by atoms with E-state index in [9.17, 15) is 0 Å². The van der Waals surface area contributed by atoms with Crippen LogP contribution in [0.15, 0.2) is 15.9 Å². The molecule has 0 aliphatic heterocycles. The Bertz CT molecular complexity index is 358. The van der Waals surface area contributed by atoms with E-state index < -0.39 is 0 Å². The van der Waals surface area contributed by atoms with Crippen molar-refractivity contribution < 1.29 is 0 Å². The minimum absolute atomic E-state index is 0.168. The summed E-state index contributed by atoms with van der Waals surface area (Å²) < 4.78 is 1.17. The Labute approximate surface area is 117 Å². The Balaban J connectivity index is 2.51. The fourth-order valence-corrected chi connectivity index (χ4v) is 3.10. The monoisotopic (exact) mass is 318 g/mol. The third-order valence-electron chi connectivity index (χ3n) is 2.96. The smallest absolute Gasteiger partial charge is 0.0285 e. The molecule has 0 radical (unpaired) electrons. The highest BCUT2D eigenvalue weighted by atomic mass is 79.9. The molecule has 1 heterocycles. The van der Waals surface area contributed by atoms with E-state index in [1.54, 1.807) is 0 Å². The lowest BCUT2D eigenvalue weighted by molar-refractivity contribution is 0.333. The van der Waals surface area contributed by atoms with Crippen LogP contribution in [0, 0.1) is 5.41 Å². The van der Waals surface area contributed by atoms with Gasteiger partial charge in [-0.1, -0.05) is 27.7 Å². The molecule has 17 heavy (non-hydrogen) atoms. The number of hydrogen-bond acceptors (Lipinski definition) is 3. The van der Waals surface area contributed by atoms with Crippen LogP contribution in [0.1, 0.15) is 32.6 Å². The van der Waals surface area contributed by atoms with Gasteiger partial charge in [0.2, 0.25) is 0 Å². The van der Waals surface area contributed by atoms with Gasteiger partial charge < -0.3 is 11.1 Å². The maximum Gasteiger partial charge on any atom is 0.0285 e. The van der Waals surface area contributed by atoms with Gasteiger partial charge in [-0.15, -0.1) is 11.3 Å². The molecule has 0 aromatic carbocycles. The van der Waals surface area contributed by atoms with Crippen LogP contribution in [-0.4, -0.2) is 19.6 Å². The van der Waals surface area contributed by atoms with Crippen LogP contribution >= 0.6 is 27.3 Å². The average molecular weight is 319 g/mol. The van der Waals surface area contributed by atoms with Crippen molar-refractivity contribution in [2.24, 2.45) is 11.1 Å². The largest absolute Gasteiger partial charge is 0.330 e. The van der Waals surface area contributed by atoms with E-state index >= 15 is 0 Å². The summed E-state index contributed by atoms with van der Waals surface area (Å²) in [6, 6.07) is 2.21. The first-order valence-corrected chi connectivity index (χ1v) is 7.59. The molecule has 3 N–H and O–H groups in total. The zero-order chi connectivity index (χ0) is 13.1. The van der Waals surface area contributed by atoms with E-state index in [-0.39, 0.29) is 10.8 Å². The Kier molecular flexibility index (Phi) is 5.20. The maximum absolute atomic E-state index is 5.73. The number of rotatable bonds is 6. The molecular weight excluding hydrogens is 296 g/mol. The summed E-state index contributed by atoms with van der Waals surface area (Å²) in [7, 11) is 0. The summed E-state index contributed by atoms with van der Waals surface area (Å²) in [6.45, 7) is 11.6. The van der Waals surface area contributed by atoms with Gasteiger partial charge in [0, 0.05) is 33.2 Å². The van der Waals surface area contributed by atoms with Crippen molar-refractivity contribution in [3.63, 3.8) is 0 Å². The van der Waals surface area contributed by atoms with E-state index in [0.29, 0.717) is 6.54 Å². The van der Waals surface area contributed by atoms with Crippen LogP contribution in [0.25, 0.3) is 0 Å². The highest BCUT2D eigenvalue weighted by Crippen LogP contribution is 2.31. The van der Waals surface area contributed by atoms with Crippen LogP contribution in [0.5, 0.6) is 0 Å². The number of hydrogen-bond donors (Lipinski definition) is 2. The van der Waals surface area contributed by atoms with Crippen molar-refractivity contribution in [1.82, 2.24) is 5.32 Å². The molecule has 0 saturated carbocycles. The van der Waals surface area contributed by atoms with Gasteiger partial charge in [-0.05, 0) is 34.0 Å². The SMILES string of the molecule is CC(C)(CN)CNCC(C)(C)c1cc(Br)cs1. The molecule has 98 valence electrons. The van der Waals surface area contributed by atoms with Gasteiger partial charge >= 0.3 is 0 Å². The number of nitrogens with two attached hydrogens (primary N) is 1. The van der Waals surface area contributed by atoms with Crippen LogP contribution < -0.4 is 11.1 Å². The summed E-state index contributed by atoms with van der Waals surface area (Å²) in [4.78, 5) is 1.41. The molecule has 0 spiro atoms. The second kappa shape index (κ2) is 5.83. The minimum atomic E-state index is 0.168. The molecule has 2 nitrogen and oxygen atoms in total. The summed E-state index contributed by atoms with van der Waals surface area (Å²) in [5.74, 6) is 0. The third kappa shape index (κ3) is 4.70. The molecule has 0 bridgehead atoms. The lowest BCUT2D eigenvalue weighted by atomic mass is 9.89. The quantitative estimate of drug-likeness (QED) is 0.844. The van der Waals surface area contributed by atoms with E-state index in [4.69, 9.17) is 5.73 Å². The maximum atomic E-state index is 5.73. The molecule has 0 atom stereocenters. The molecule has 0 aliphatic rings. The lowest BCUT2D eigenvalue weighted by Gasteiger charge is -2.28. The third-order valence-corrected chi connectivity index (χ3v) is 5.01. The standard InChI is InChI=1S/C13H23BrN2S/c1-12(2,7-15)8-16-9-13(3,4)11-5-10(14)6-17-11/h5-6,16H,7-9,15H2,1-4H3. The predicted octanol–water partition coefficient (Wildman–Crippen LogP) is 3.36. The van der Waals surface area contributed by atoms with Crippen molar-refractivity contribution >= 4 is 27.3 Å². The molecule has 0 fully saturated rings. The molecule has 1 aromatic rings. The fraction of sp³-hybridized carbons (Fsp3) is 0.692. The molecule has 1 aromatic heterocycles. The fourth-order valence-electron chi connectivity index (χ4n) is 1.54. The topological polar surface area (TPSA) is 38.0 Å². The highest BCUT2D eigenvalue weighted by molar-refractivity contribution is 9.10. The zero-order valence-electron chi connectivity index (χ0n) is 11.1. The van der Waals surface area contributed by atoms with Gasteiger partial charge in [0.25, 0.3) is 0 Å². The van der Waals surface area contributed by atoms with E-state index in [0.717, 1.165) is 13.1 Å². The van der Waals surface area contributed by atoms with Gasteiger partial charge in [0.15, 0.2) is 0 Å². The van der Waals surface area contributed by atoms with Crippen molar-refractivity contribution in [1.29, 1.82) is 0 Å². The number of halogens is 1. The van der Waals surface area contributed by atoms with Gasteiger partial charge in [-0.25, -0.2) is 0 Å². The van der Waals surface area contributed by atoms with Crippen molar-refractivity contribution in [2.75, 3.05) is 19.6 Å². The summed E-state index contributed by atoms with van der Waals surface area (Å²) >= 11 is 5.32. The molecule has 0 aliphatic carbocycles. The first-order chi connectivity index (χ1) is 7.77. The summed E-state index contributed by atoms with van der Waals surface area (Å²) in [6.07, 6.45) is 0. The zero-order valence-corrected chi connectivity index (χ0v) is 13.5. The first-order valence-electron chi connectivity index (χ1n) is 5.92. The number of nitrogens with one attached hydrogen (secondary N) is 1. The van der Waals surface area contributed by atoms with Crippen LogP contribution in [0.3, 0.4) is 0 Å². The van der Waals surface area contributed by atoms with E-state index in [1.807, 2.05) is 11.3 Å². The van der Waals surface area contributed by atoms with Gasteiger partial charge in [-0.3, -0.25) is 0 Å². The average Bonchev–Trinajstić information content (AvgIpc) is 2.65. The second-order valence-electron chi connectivity index (χ2n) is 5.98. The predicted molar refractivity (Wildman–Crippen MR) is 80.8 cm³/mol. The summed E-state index contributed by atoms with van der Waals surface area (Å²) in [5.41, 5.74) is 6.07. The van der Waals surface area contributed by atoms with Crippen molar-refractivity contribution in [3.8, 4) is 0 Å². The molecule has 0 saturated heterocycles. The second-order valence-corrected chi connectivity index (χ2v) is 7.81. The highest BCUT2D eigenvalue weighted by Gasteiger charge is 2.23. The minimum Gasteiger partial charge on any atom is -0.330 e. The van der Waals surface area contributed by atoms with Gasteiger partial charge in [0.1, 0.15) is 0 Å². The van der Waals surface area contributed by atoms with Crippen molar-refractivity contribution in [2.45, 2.75) is 33.1 Å². The Hall–Kier alpha value is 0.1000. The Morgan fingerprint density at radius 2 is 1.94 bits per heavy atom.